The molecule has 0 radical (unpaired) electrons. The molecule has 30 heavy (non-hydrogen) atoms. The third-order valence-corrected chi connectivity index (χ3v) is 5.95. The molecule has 1 amide bonds. The van der Waals surface area contributed by atoms with Gasteiger partial charge in [0.1, 0.15) is 5.82 Å². The Hall–Kier alpha value is -2.91. The van der Waals surface area contributed by atoms with E-state index in [1.807, 2.05) is 25.3 Å². The maximum atomic E-state index is 13.5. The van der Waals surface area contributed by atoms with Gasteiger partial charge >= 0.3 is 0 Å². The van der Waals surface area contributed by atoms with Gasteiger partial charge in [0.05, 0.1) is 11.4 Å². The molecule has 10 heteroatoms. The molecule has 4 aromatic rings. The average Bonchev–Trinajstić information content (AvgIpc) is 3.35. The summed E-state index contributed by atoms with van der Waals surface area (Å²) in [5.41, 5.74) is 3.51. The zero-order chi connectivity index (χ0) is 21.1. The molecule has 0 saturated heterocycles. The lowest BCUT2D eigenvalue weighted by atomic mass is 10.1. The molecule has 4 rings (SSSR count). The molecular weight excluding hydrogens is 427 g/mol. The van der Waals surface area contributed by atoms with Gasteiger partial charge in [0, 0.05) is 28.7 Å². The van der Waals surface area contributed by atoms with Gasteiger partial charge in [-0.1, -0.05) is 29.4 Å². The van der Waals surface area contributed by atoms with Gasteiger partial charge in [-0.15, -0.1) is 5.10 Å². The molecule has 0 aliphatic rings. The molecule has 0 aliphatic carbocycles. The Balaban J connectivity index is 1.32. The van der Waals surface area contributed by atoms with Crippen molar-refractivity contribution in [1.82, 2.24) is 30.5 Å². The van der Waals surface area contributed by atoms with Gasteiger partial charge in [0.25, 0.3) is 0 Å². The molecular formula is C20H18ClFN6OS. The number of thioether (sulfide) groups is 1. The highest BCUT2D eigenvalue weighted by molar-refractivity contribution is 7.99. The van der Waals surface area contributed by atoms with Crippen LogP contribution in [0.1, 0.15) is 11.1 Å². The number of benzene rings is 2. The molecule has 0 bridgehead atoms. The van der Waals surface area contributed by atoms with Crippen molar-refractivity contribution in [3.05, 3.63) is 64.6 Å². The van der Waals surface area contributed by atoms with Crippen LogP contribution >= 0.6 is 23.4 Å². The number of halogens is 2. The topological polar surface area (TPSA) is 88.5 Å². The number of H-pyrrole nitrogens is 1. The number of nitrogens with one attached hydrogen (secondary N) is 2. The van der Waals surface area contributed by atoms with Gasteiger partial charge in [0.15, 0.2) is 0 Å². The highest BCUT2D eigenvalue weighted by Crippen LogP contribution is 2.23. The van der Waals surface area contributed by atoms with Crippen LogP contribution in [0.3, 0.4) is 0 Å². The quantitative estimate of drug-likeness (QED) is 0.424. The van der Waals surface area contributed by atoms with Crippen LogP contribution in [-0.2, 0) is 11.2 Å². The first kappa shape index (κ1) is 20.4. The summed E-state index contributed by atoms with van der Waals surface area (Å²) in [6.07, 6.45) is 2.44. The predicted molar refractivity (Wildman–Crippen MR) is 115 cm³/mol. The third kappa shape index (κ3) is 4.47. The van der Waals surface area contributed by atoms with Crippen molar-refractivity contribution < 1.29 is 9.18 Å². The number of rotatable bonds is 7. The van der Waals surface area contributed by atoms with Gasteiger partial charge in [0.2, 0.25) is 11.1 Å². The van der Waals surface area contributed by atoms with Crippen molar-refractivity contribution in [3.8, 4) is 5.69 Å². The first-order chi connectivity index (χ1) is 14.5. The number of tetrazole rings is 1. The zero-order valence-electron chi connectivity index (χ0n) is 16.0. The Labute approximate surface area is 181 Å². The number of aromatic nitrogens is 5. The summed E-state index contributed by atoms with van der Waals surface area (Å²) in [5, 5.41) is 16.5. The summed E-state index contributed by atoms with van der Waals surface area (Å²) in [6.45, 7) is 2.36. The normalized spacial score (nSPS) is 11.2. The van der Waals surface area contributed by atoms with E-state index < -0.39 is 0 Å². The number of carbonyl (C=O) groups is 1. The molecule has 0 spiro atoms. The summed E-state index contributed by atoms with van der Waals surface area (Å²) in [5.74, 6) is -0.249. The van der Waals surface area contributed by atoms with E-state index in [0.29, 0.717) is 23.1 Å². The van der Waals surface area contributed by atoms with Crippen molar-refractivity contribution >= 4 is 40.2 Å². The van der Waals surface area contributed by atoms with Crippen molar-refractivity contribution in [2.24, 2.45) is 0 Å². The van der Waals surface area contributed by atoms with Crippen molar-refractivity contribution in [2.75, 3.05) is 12.3 Å². The van der Waals surface area contributed by atoms with E-state index >= 15 is 0 Å². The molecule has 154 valence electrons. The molecule has 2 N–H and O–H groups in total. The maximum Gasteiger partial charge on any atom is 0.230 e. The van der Waals surface area contributed by atoms with Crippen molar-refractivity contribution in [1.29, 1.82) is 0 Å². The lowest BCUT2D eigenvalue weighted by Gasteiger charge is -2.07. The number of aromatic amines is 1. The van der Waals surface area contributed by atoms with Gasteiger partial charge in [-0.2, -0.15) is 4.68 Å². The highest BCUT2D eigenvalue weighted by atomic mass is 35.5. The first-order valence-electron chi connectivity index (χ1n) is 9.21. The molecule has 0 saturated carbocycles. The summed E-state index contributed by atoms with van der Waals surface area (Å²) < 4.78 is 15.0. The zero-order valence-corrected chi connectivity index (χ0v) is 17.6. The molecule has 0 unspecified atom stereocenters. The van der Waals surface area contributed by atoms with Crippen LogP contribution in [0.25, 0.3) is 16.6 Å². The van der Waals surface area contributed by atoms with Crippen LogP contribution in [0.2, 0.25) is 5.02 Å². The van der Waals surface area contributed by atoms with Crippen LogP contribution < -0.4 is 5.32 Å². The predicted octanol–water partition coefficient (Wildman–Crippen LogP) is 3.70. The number of nitrogens with zero attached hydrogens (tertiary/aromatic N) is 4. The molecule has 2 aromatic carbocycles. The van der Waals surface area contributed by atoms with E-state index in [2.05, 4.69) is 25.8 Å². The van der Waals surface area contributed by atoms with E-state index in [1.54, 1.807) is 16.8 Å². The Morgan fingerprint density at radius 3 is 3.00 bits per heavy atom. The fourth-order valence-electron chi connectivity index (χ4n) is 3.02. The van der Waals surface area contributed by atoms with Crippen LogP contribution in [0.4, 0.5) is 4.39 Å². The second-order valence-corrected chi connectivity index (χ2v) is 8.05. The number of aryl methyl sites for hydroxylation is 1. The Bertz CT molecular complexity index is 1210. The Morgan fingerprint density at radius 2 is 2.17 bits per heavy atom. The summed E-state index contributed by atoms with van der Waals surface area (Å²) >= 11 is 7.41. The highest BCUT2D eigenvalue weighted by Gasteiger charge is 2.13. The number of carbonyl (C=O) groups excluding carboxylic acids is 1. The third-order valence-electron chi connectivity index (χ3n) is 4.62. The first-order valence-corrected chi connectivity index (χ1v) is 10.6. The van der Waals surface area contributed by atoms with E-state index in [4.69, 9.17) is 11.6 Å². The average molecular weight is 445 g/mol. The summed E-state index contributed by atoms with van der Waals surface area (Å²) in [4.78, 5) is 15.3. The second-order valence-electron chi connectivity index (χ2n) is 6.70. The lowest BCUT2D eigenvalue weighted by molar-refractivity contribution is -0.118. The maximum absolute atomic E-state index is 13.5. The van der Waals surface area contributed by atoms with E-state index in [1.165, 1.54) is 23.9 Å². The number of hydrogen-bond acceptors (Lipinski definition) is 5. The van der Waals surface area contributed by atoms with Crippen molar-refractivity contribution in [3.63, 3.8) is 0 Å². The SMILES string of the molecule is Cc1ccc(-n2nnnc2SCC(=O)NCCc2c[nH]c3ccc(F)cc23)cc1Cl. The van der Waals surface area contributed by atoms with Crippen molar-refractivity contribution in [2.45, 2.75) is 18.5 Å². The largest absolute Gasteiger partial charge is 0.361 e. The van der Waals surface area contributed by atoms with Crippen LogP contribution in [0, 0.1) is 12.7 Å². The lowest BCUT2D eigenvalue weighted by Crippen LogP contribution is -2.27. The molecule has 0 aliphatic heterocycles. The number of fused-ring (bicyclic) bond motifs is 1. The minimum Gasteiger partial charge on any atom is -0.361 e. The van der Waals surface area contributed by atoms with Gasteiger partial charge in [-0.25, -0.2) is 4.39 Å². The van der Waals surface area contributed by atoms with Crippen LogP contribution in [0.15, 0.2) is 47.8 Å². The summed E-state index contributed by atoms with van der Waals surface area (Å²) in [6, 6.07) is 10.1. The minimum atomic E-state index is -0.281. The van der Waals surface area contributed by atoms with Gasteiger partial charge in [-0.3, -0.25) is 4.79 Å². The molecule has 0 atom stereocenters. The smallest absolute Gasteiger partial charge is 0.230 e. The molecule has 7 nitrogen and oxygen atoms in total. The number of hydrogen-bond donors (Lipinski definition) is 2. The number of amides is 1. The minimum absolute atomic E-state index is 0.137. The molecule has 2 aromatic heterocycles. The second kappa shape index (κ2) is 8.85. The standard InChI is InChI=1S/C20H18ClFN6OS/c1-12-2-4-15(9-17(12)21)28-20(25-26-27-28)30-11-19(29)23-7-6-13-10-24-18-5-3-14(22)8-16(13)18/h2-5,8-10,24H,6-7,11H2,1H3,(H,23,29). The Kier molecular flexibility index (Phi) is 6.01. The van der Waals surface area contributed by atoms with Gasteiger partial charge in [-0.05, 0) is 65.2 Å². The summed E-state index contributed by atoms with van der Waals surface area (Å²) in [7, 11) is 0. The van der Waals surface area contributed by atoms with E-state index in [9.17, 15) is 9.18 Å². The Morgan fingerprint density at radius 1 is 1.30 bits per heavy atom. The molecule has 0 fully saturated rings. The van der Waals surface area contributed by atoms with Gasteiger partial charge < -0.3 is 10.3 Å². The molecule has 2 heterocycles. The fraction of sp³-hybridized carbons (Fsp3) is 0.200. The van der Waals surface area contributed by atoms with E-state index in [0.717, 1.165) is 27.7 Å². The van der Waals surface area contributed by atoms with Crippen LogP contribution in [-0.4, -0.2) is 43.4 Å². The monoisotopic (exact) mass is 444 g/mol. The van der Waals surface area contributed by atoms with E-state index in [-0.39, 0.29) is 17.5 Å². The van der Waals surface area contributed by atoms with Crippen LogP contribution in [0.5, 0.6) is 0 Å². The fourth-order valence-corrected chi connectivity index (χ4v) is 3.92.